The molecule has 0 aromatic heterocycles. The smallest absolute Gasteiger partial charge is 0.304 e. The lowest BCUT2D eigenvalue weighted by Crippen LogP contribution is -1.91. The van der Waals surface area contributed by atoms with E-state index in [1.165, 1.54) is 0 Å². The average molecular weight is 136 g/mol. The maximum Gasteiger partial charge on any atom is 0.304 e. The summed E-state index contributed by atoms with van der Waals surface area (Å²) < 4.78 is 0. The number of hydrogen-bond donors (Lipinski definition) is 1. The molecule has 0 radical (unpaired) electrons. The average Bonchev–Trinajstić information content (AvgIpc) is 1.61. The number of halogens is 1. The molecule has 3 nitrogen and oxygen atoms in total. The largest absolute Gasteiger partial charge is 0.481 e. The molecule has 0 rings (SSSR count). The van der Waals surface area contributed by atoms with Crippen molar-refractivity contribution >= 4 is 18.4 Å². The molecular formula is C4H6ClNO2. The molecule has 0 aromatic rings. The predicted molar refractivity (Wildman–Crippen MR) is 29.7 cm³/mol. The molecule has 0 amide bonds. The Hall–Kier alpha value is -0.750. The van der Waals surface area contributed by atoms with Crippen molar-refractivity contribution in [2.75, 3.05) is 0 Å². The second-order valence-electron chi connectivity index (χ2n) is 1.05. The summed E-state index contributed by atoms with van der Waals surface area (Å²) in [7, 11) is 0. The molecule has 1 N–H and O–H groups in total. The number of nitriles is 1. The summed E-state index contributed by atoms with van der Waals surface area (Å²) in [5.41, 5.74) is 0. The van der Waals surface area contributed by atoms with Gasteiger partial charge in [0, 0.05) is 6.42 Å². The van der Waals surface area contributed by atoms with Crippen LogP contribution in [0, 0.1) is 11.3 Å². The number of carbonyl (C=O) groups is 1. The van der Waals surface area contributed by atoms with Crippen molar-refractivity contribution in [2.24, 2.45) is 0 Å². The molecule has 0 bridgehead atoms. The number of carboxylic acid groups (broad SMARTS) is 1. The fourth-order valence-electron chi connectivity index (χ4n) is 0.163. The van der Waals surface area contributed by atoms with Crippen molar-refractivity contribution in [3.8, 4) is 6.07 Å². The van der Waals surface area contributed by atoms with Crippen LogP contribution in [-0.2, 0) is 4.79 Å². The van der Waals surface area contributed by atoms with Gasteiger partial charge in [0.2, 0.25) is 0 Å². The monoisotopic (exact) mass is 135 g/mol. The second kappa shape index (κ2) is 6.25. The van der Waals surface area contributed by atoms with Crippen LogP contribution in [-0.4, -0.2) is 11.1 Å². The fraction of sp³-hybridized carbons (Fsp3) is 0.500. The lowest BCUT2D eigenvalue weighted by molar-refractivity contribution is -0.136. The van der Waals surface area contributed by atoms with Gasteiger partial charge in [0.25, 0.3) is 0 Å². The molecule has 0 saturated heterocycles. The summed E-state index contributed by atoms with van der Waals surface area (Å²) in [6.45, 7) is 0. The number of nitrogens with zero attached hydrogens (tertiary/aromatic N) is 1. The SMILES string of the molecule is Cl.N#CCCC(=O)O. The Bertz CT molecular complexity index is 107. The minimum Gasteiger partial charge on any atom is -0.481 e. The van der Waals surface area contributed by atoms with Gasteiger partial charge in [-0.3, -0.25) is 4.79 Å². The molecule has 0 saturated carbocycles. The van der Waals surface area contributed by atoms with Crippen LogP contribution < -0.4 is 0 Å². The Balaban J connectivity index is 0. The van der Waals surface area contributed by atoms with E-state index < -0.39 is 5.97 Å². The highest BCUT2D eigenvalue weighted by Crippen LogP contribution is 1.82. The maximum absolute atomic E-state index is 9.61. The van der Waals surface area contributed by atoms with Crippen molar-refractivity contribution in [2.45, 2.75) is 12.8 Å². The minimum absolute atomic E-state index is 0. The first kappa shape index (κ1) is 10.3. The minimum atomic E-state index is -0.915. The van der Waals surface area contributed by atoms with Gasteiger partial charge in [-0.05, 0) is 0 Å². The van der Waals surface area contributed by atoms with Gasteiger partial charge < -0.3 is 5.11 Å². The highest BCUT2D eigenvalue weighted by atomic mass is 35.5. The maximum atomic E-state index is 9.61. The van der Waals surface area contributed by atoms with Crippen molar-refractivity contribution in [1.29, 1.82) is 5.26 Å². The lowest BCUT2D eigenvalue weighted by Gasteiger charge is -1.78. The van der Waals surface area contributed by atoms with Gasteiger partial charge in [-0.2, -0.15) is 5.26 Å². The van der Waals surface area contributed by atoms with Crippen LogP contribution in [0.2, 0.25) is 0 Å². The van der Waals surface area contributed by atoms with E-state index in [4.69, 9.17) is 10.4 Å². The predicted octanol–water partition coefficient (Wildman–Crippen LogP) is 0.797. The molecule has 0 aliphatic heterocycles. The standard InChI is InChI=1S/C4H5NO2.ClH/c5-3-1-2-4(6)7;/h1-2H2,(H,6,7);1H. The van der Waals surface area contributed by atoms with Gasteiger partial charge in [0.15, 0.2) is 0 Å². The third-order valence-electron chi connectivity index (χ3n) is 0.451. The Kier molecular flexibility index (Phi) is 8.03. The zero-order chi connectivity index (χ0) is 5.70. The number of rotatable bonds is 2. The fourth-order valence-corrected chi connectivity index (χ4v) is 0.163. The molecule has 4 heteroatoms. The second-order valence-corrected chi connectivity index (χ2v) is 1.05. The number of carboxylic acids is 1. The van der Waals surface area contributed by atoms with Crippen LogP contribution in [0.15, 0.2) is 0 Å². The van der Waals surface area contributed by atoms with Gasteiger partial charge in [-0.1, -0.05) is 0 Å². The van der Waals surface area contributed by atoms with Gasteiger partial charge in [0.1, 0.15) is 0 Å². The van der Waals surface area contributed by atoms with Crippen molar-refractivity contribution < 1.29 is 9.90 Å². The molecule has 0 aliphatic rings. The van der Waals surface area contributed by atoms with E-state index >= 15 is 0 Å². The zero-order valence-electron chi connectivity index (χ0n) is 4.13. The van der Waals surface area contributed by atoms with Crippen LogP contribution in [0.3, 0.4) is 0 Å². The van der Waals surface area contributed by atoms with Crippen LogP contribution in [0.5, 0.6) is 0 Å². The third kappa shape index (κ3) is 8.98. The van der Waals surface area contributed by atoms with E-state index in [1.807, 2.05) is 0 Å². The molecule has 0 spiro atoms. The van der Waals surface area contributed by atoms with Crippen LogP contribution in [0.4, 0.5) is 0 Å². The van der Waals surface area contributed by atoms with Crippen molar-refractivity contribution in [3.63, 3.8) is 0 Å². The first-order valence-corrected chi connectivity index (χ1v) is 1.86. The van der Waals surface area contributed by atoms with Crippen LogP contribution in [0.1, 0.15) is 12.8 Å². The molecule has 0 atom stereocenters. The van der Waals surface area contributed by atoms with E-state index in [9.17, 15) is 4.79 Å². The summed E-state index contributed by atoms with van der Waals surface area (Å²) >= 11 is 0. The highest BCUT2D eigenvalue weighted by molar-refractivity contribution is 5.85. The third-order valence-corrected chi connectivity index (χ3v) is 0.451. The summed E-state index contributed by atoms with van der Waals surface area (Å²) in [6, 6.07) is 1.72. The molecule has 0 heterocycles. The lowest BCUT2D eigenvalue weighted by atomic mass is 10.3. The molecule has 0 aliphatic carbocycles. The van der Waals surface area contributed by atoms with Gasteiger partial charge in [-0.25, -0.2) is 0 Å². The topological polar surface area (TPSA) is 61.1 Å². The number of hydrogen-bond acceptors (Lipinski definition) is 2. The first-order valence-electron chi connectivity index (χ1n) is 1.86. The summed E-state index contributed by atoms with van der Waals surface area (Å²) in [4.78, 5) is 9.61. The van der Waals surface area contributed by atoms with E-state index in [0.717, 1.165) is 0 Å². The van der Waals surface area contributed by atoms with Gasteiger partial charge in [0.05, 0.1) is 12.5 Å². The summed E-state index contributed by atoms with van der Waals surface area (Å²) in [5.74, 6) is -0.915. The molecule has 0 aromatic carbocycles. The highest BCUT2D eigenvalue weighted by Gasteiger charge is 1.91. The van der Waals surface area contributed by atoms with E-state index in [-0.39, 0.29) is 25.2 Å². The first-order chi connectivity index (χ1) is 3.27. The molecule has 0 unspecified atom stereocenters. The Morgan fingerprint density at radius 3 is 2.38 bits per heavy atom. The van der Waals surface area contributed by atoms with Crippen molar-refractivity contribution in [1.82, 2.24) is 0 Å². The number of aliphatic carboxylic acids is 1. The summed E-state index contributed by atoms with van der Waals surface area (Å²) in [6.07, 6.45) is 0.0613. The van der Waals surface area contributed by atoms with E-state index in [0.29, 0.717) is 0 Å². The van der Waals surface area contributed by atoms with E-state index in [2.05, 4.69) is 0 Å². The molecule has 46 valence electrons. The zero-order valence-corrected chi connectivity index (χ0v) is 4.94. The Labute approximate surface area is 53.3 Å². The van der Waals surface area contributed by atoms with Gasteiger partial charge in [-0.15, -0.1) is 12.4 Å². The Morgan fingerprint density at radius 1 is 1.75 bits per heavy atom. The van der Waals surface area contributed by atoms with Crippen LogP contribution >= 0.6 is 12.4 Å². The molecular weight excluding hydrogens is 130 g/mol. The van der Waals surface area contributed by atoms with E-state index in [1.54, 1.807) is 6.07 Å². The molecule has 0 fully saturated rings. The van der Waals surface area contributed by atoms with Crippen molar-refractivity contribution in [3.05, 3.63) is 0 Å². The summed E-state index contributed by atoms with van der Waals surface area (Å²) in [5, 5.41) is 15.7. The normalized spacial score (nSPS) is 6.38. The quantitative estimate of drug-likeness (QED) is 0.609. The van der Waals surface area contributed by atoms with Crippen LogP contribution in [0.25, 0.3) is 0 Å². The molecule has 8 heavy (non-hydrogen) atoms. The van der Waals surface area contributed by atoms with Gasteiger partial charge >= 0.3 is 5.97 Å². The Morgan fingerprint density at radius 2 is 2.25 bits per heavy atom.